The second kappa shape index (κ2) is 16.8. The fourth-order valence-corrected chi connectivity index (χ4v) is 7.69. The van der Waals surface area contributed by atoms with Crippen LogP contribution in [0.25, 0.3) is 0 Å². The molecule has 2 aromatic carbocycles. The topological polar surface area (TPSA) is 122 Å². The normalized spacial score (nSPS) is 18.8. The van der Waals surface area contributed by atoms with E-state index in [1.807, 2.05) is 37.4 Å². The van der Waals surface area contributed by atoms with Crippen LogP contribution in [0.4, 0.5) is 0 Å². The highest BCUT2D eigenvalue weighted by molar-refractivity contribution is 6.45. The molecule has 1 amide bonds. The third kappa shape index (κ3) is 8.44. The quantitative estimate of drug-likeness (QED) is 0.136. The van der Waals surface area contributed by atoms with Gasteiger partial charge in [-0.2, -0.15) is 0 Å². The van der Waals surface area contributed by atoms with Crippen molar-refractivity contribution in [2.45, 2.75) is 96.8 Å². The first-order valence-electron chi connectivity index (χ1n) is 17.8. The lowest BCUT2D eigenvalue weighted by Gasteiger charge is -2.29. The molecule has 5 rings (SSSR count). The zero-order chi connectivity index (χ0) is 34.0. The van der Waals surface area contributed by atoms with E-state index in [-0.39, 0.29) is 29.2 Å². The maximum absolute atomic E-state index is 13.5. The van der Waals surface area contributed by atoms with Crippen molar-refractivity contribution < 1.29 is 19.1 Å². The summed E-state index contributed by atoms with van der Waals surface area (Å²) in [5.74, 6) is 1.76. The van der Waals surface area contributed by atoms with Crippen LogP contribution in [-0.4, -0.2) is 46.8 Å². The molecule has 48 heavy (non-hydrogen) atoms. The van der Waals surface area contributed by atoms with E-state index in [0.717, 1.165) is 42.5 Å². The zero-order valence-corrected chi connectivity index (χ0v) is 28.7. The summed E-state index contributed by atoms with van der Waals surface area (Å²) in [6.07, 6.45) is 12.6. The molecule has 0 bridgehead atoms. The summed E-state index contributed by atoms with van der Waals surface area (Å²) in [6, 6.07) is 14.4. The van der Waals surface area contributed by atoms with Gasteiger partial charge in [-0.05, 0) is 62.1 Å². The minimum Gasteiger partial charge on any atom is -0.496 e. The number of ketones is 2. The van der Waals surface area contributed by atoms with E-state index >= 15 is 0 Å². The van der Waals surface area contributed by atoms with Crippen LogP contribution >= 0.6 is 0 Å². The molecule has 1 heterocycles. The average Bonchev–Trinajstić information content (AvgIpc) is 3.65. The van der Waals surface area contributed by atoms with Crippen molar-refractivity contribution in [1.82, 2.24) is 15.3 Å². The first kappa shape index (κ1) is 35.1. The summed E-state index contributed by atoms with van der Waals surface area (Å²) in [6.45, 7) is 4.48. The predicted octanol–water partition coefficient (Wildman–Crippen LogP) is 7.72. The van der Waals surface area contributed by atoms with Gasteiger partial charge in [-0.3, -0.25) is 14.4 Å². The van der Waals surface area contributed by atoms with Crippen LogP contribution in [0, 0.1) is 23.2 Å². The second-order valence-electron chi connectivity index (χ2n) is 13.5. The molecule has 3 atom stereocenters. The number of amides is 1. The lowest BCUT2D eigenvalue weighted by molar-refractivity contribution is -0.121. The number of Topliss-reactive ketones (excluding diaryl/α,β-unsaturated/α-hetero) is 2. The van der Waals surface area contributed by atoms with Gasteiger partial charge in [-0.25, -0.2) is 9.97 Å². The Morgan fingerprint density at radius 1 is 1.00 bits per heavy atom. The van der Waals surface area contributed by atoms with Crippen molar-refractivity contribution in [3.05, 3.63) is 88.5 Å². The van der Waals surface area contributed by atoms with Gasteiger partial charge in [0.25, 0.3) is 5.91 Å². The van der Waals surface area contributed by atoms with E-state index in [1.54, 1.807) is 31.4 Å². The van der Waals surface area contributed by atoms with Crippen molar-refractivity contribution >= 4 is 23.2 Å². The number of ether oxygens (including phenoxy) is 1. The number of hydrogen-bond donors (Lipinski definition) is 2. The maximum atomic E-state index is 13.5. The Kier molecular flexibility index (Phi) is 12.3. The minimum absolute atomic E-state index is 0.0439. The highest BCUT2D eigenvalue weighted by atomic mass is 16.5. The number of nitrogens with one attached hydrogen (secondary N) is 2. The van der Waals surface area contributed by atoms with E-state index in [2.05, 4.69) is 12.2 Å². The first-order valence-corrected chi connectivity index (χ1v) is 17.8. The molecule has 254 valence electrons. The van der Waals surface area contributed by atoms with Gasteiger partial charge < -0.3 is 15.5 Å². The molecule has 0 aliphatic heterocycles. The lowest BCUT2D eigenvalue weighted by Crippen LogP contribution is -2.30. The van der Waals surface area contributed by atoms with Gasteiger partial charge in [-0.15, -0.1) is 0 Å². The largest absolute Gasteiger partial charge is 0.496 e. The van der Waals surface area contributed by atoms with E-state index < -0.39 is 0 Å². The third-order valence-electron chi connectivity index (χ3n) is 10.4. The number of carbonyl (C=O) groups is 3. The number of carbonyl (C=O) groups excluding carboxylic acids is 3. The molecule has 2 aliphatic carbocycles. The van der Waals surface area contributed by atoms with Crippen LogP contribution in [0.3, 0.4) is 0 Å². The van der Waals surface area contributed by atoms with Crippen LogP contribution in [0.1, 0.15) is 127 Å². The summed E-state index contributed by atoms with van der Waals surface area (Å²) in [5, 5.41) is 11.7. The molecule has 1 fully saturated rings. The molecule has 3 aromatic rings. The molecule has 0 saturated heterocycles. The van der Waals surface area contributed by atoms with Crippen molar-refractivity contribution in [2.75, 3.05) is 13.7 Å². The maximum Gasteiger partial charge on any atom is 0.251 e. The van der Waals surface area contributed by atoms with E-state index in [1.165, 1.54) is 25.7 Å². The molecule has 8 heteroatoms. The number of rotatable bonds is 14. The van der Waals surface area contributed by atoms with E-state index in [9.17, 15) is 14.4 Å². The number of benzene rings is 2. The van der Waals surface area contributed by atoms with Crippen LogP contribution in [0.2, 0.25) is 0 Å². The van der Waals surface area contributed by atoms with Gasteiger partial charge in [0.05, 0.1) is 12.8 Å². The van der Waals surface area contributed by atoms with Crippen molar-refractivity contribution in [3.8, 4) is 5.75 Å². The molecule has 1 aromatic heterocycles. The summed E-state index contributed by atoms with van der Waals surface area (Å²) >= 11 is 0. The van der Waals surface area contributed by atoms with Gasteiger partial charge in [0, 0.05) is 65.4 Å². The van der Waals surface area contributed by atoms with Crippen LogP contribution in [0.15, 0.2) is 54.7 Å². The monoisotopic (exact) mass is 650 g/mol. The molecule has 3 unspecified atom stereocenters. The van der Waals surface area contributed by atoms with Crippen LogP contribution in [0.5, 0.6) is 5.75 Å². The highest BCUT2D eigenvalue weighted by Gasteiger charge is 2.32. The van der Waals surface area contributed by atoms with Gasteiger partial charge in [0.2, 0.25) is 5.78 Å². The fraction of sp³-hybridized carbons (Fsp3) is 0.500. The Morgan fingerprint density at radius 3 is 2.48 bits per heavy atom. The van der Waals surface area contributed by atoms with Gasteiger partial charge in [0.15, 0.2) is 0 Å². The van der Waals surface area contributed by atoms with Crippen molar-refractivity contribution in [1.29, 1.82) is 5.41 Å². The van der Waals surface area contributed by atoms with Gasteiger partial charge in [0.1, 0.15) is 17.4 Å². The van der Waals surface area contributed by atoms with E-state index in [4.69, 9.17) is 20.1 Å². The Bertz CT molecular complexity index is 1600. The Labute approximate surface area is 285 Å². The van der Waals surface area contributed by atoms with Gasteiger partial charge >= 0.3 is 0 Å². The minimum atomic E-state index is -0.335. The smallest absolute Gasteiger partial charge is 0.251 e. The standard InChI is InChI=1S/C40H50N4O4/c1-4-11-27(20-21-42-40(47)28-14-7-6-8-15-28)38(41)39(46)31-17-16-30(36(23-31)48-3)24-37-43-25-33-32(5-2)35(45)19-18-29(22-34(33)44-37)26-12-9-10-13-26/h6-8,14-17,23,25-27,29,32,41H,4-5,9-13,18-22,24H2,1-3H3,(H,42,47). The average molecular weight is 651 g/mol. The molecular weight excluding hydrogens is 600 g/mol. The summed E-state index contributed by atoms with van der Waals surface area (Å²) in [7, 11) is 1.58. The third-order valence-corrected chi connectivity index (χ3v) is 10.4. The highest BCUT2D eigenvalue weighted by Crippen LogP contribution is 2.39. The van der Waals surface area contributed by atoms with Crippen molar-refractivity contribution in [2.24, 2.45) is 17.8 Å². The lowest BCUT2D eigenvalue weighted by atomic mass is 9.77. The molecular formula is C40H50N4O4. The number of methoxy groups -OCH3 is 1. The molecule has 8 nitrogen and oxygen atoms in total. The second-order valence-corrected chi connectivity index (χ2v) is 13.5. The summed E-state index contributed by atoms with van der Waals surface area (Å²) in [4.78, 5) is 49.0. The fourth-order valence-electron chi connectivity index (χ4n) is 7.69. The SMILES string of the molecule is CCCC(CCNC(=O)c1ccccc1)C(=N)C(=O)c1ccc(Cc2ncc3c(n2)CC(C2CCCC2)CCC(=O)C3CC)c(OC)c1. The van der Waals surface area contributed by atoms with Crippen LogP contribution < -0.4 is 10.1 Å². The number of nitrogens with zero attached hydrogens (tertiary/aromatic N) is 2. The number of fused-ring (bicyclic) bond motifs is 1. The summed E-state index contributed by atoms with van der Waals surface area (Å²) in [5.41, 5.74) is 3.89. The zero-order valence-electron chi connectivity index (χ0n) is 28.7. The first-order chi connectivity index (χ1) is 23.3. The van der Waals surface area contributed by atoms with Gasteiger partial charge in [-0.1, -0.05) is 76.3 Å². The predicted molar refractivity (Wildman–Crippen MR) is 188 cm³/mol. The van der Waals surface area contributed by atoms with Crippen LogP contribution in [-0.2, 0) is 17.6 Å². The van der Waals surface area contributed by atoms with Crippen molar-refractivity contribution in [3.63, 3.8) is 0 Å². The Balaban J connectivity index is 1.29. The number of aromatic nitrogens is 2. The molecule has 2 N–H and O–H groups in total. The Morgan fingerprint density at radius 2 is 1.77 bits per heavy atom. The molecule has 2 aliphatic rings. The molecule has 0 radical (unpaired) electrons. The number of hydrogen-bond acceptors (Lipinski definition) is 7. The molecule has 1 saturated carbocycles. The summed E-state index contributed by atoms with van der Waals surface area (Å²) < 4.78 is 5.74. The Hall–Kier alpha value is -4.20. The molecule has 0 spiro atoms. The van der Waals surface area contributed by atoms with E-state index in [0.29, 0.717) is 72.5 Å².